The second-order valence-electron chi connectivity index (χ2n) is 2.66. The standard InChI is InChI=1S/C7H7F2NO3S/c1-3-2-14-5(10-3)4(11)7(8,9)6(12)13/h2,4,11H,1H3,(H,12,13). The van der Waals surface area contributed by atoms with Crippen molar-refractivity contribution in [3.63, 3.8) is 0 Å². The van der Waals surface area contributed by atoms with Crippen molar-refractivity contribution in [3.05, 3.63) is 16.1 Å². The summed E-state index contributed by atoms with van der Waals surface area (Å²) in [7, 11) is 0. The van der Waals surface area contributed by atoms with Crippen LogP contribution in [0, 0.1) is 6.92 Å². The van der Waals surface area contributed by atoms with E-state index in [1.807, 2.05) is 0 Å². The number of nitrogens with zero attached hydrogens (tertiary/aromatic N) is 1. The van der Waals surface area contributed by atoms with Crippen LogP contribution < -0.4 is 0 Å². The van der Waals surface area contributed by atoms with Crippen LogP contribution in [-0.2, 0) is 4.79 Å². The van der Waals surface area contributed by atoms with Gasteiger partial charge in [0.05, 0.1) is 0 Å². The van der Waals surface area contributed by atoms with Crippen molar-refractivity contribution in [3.8, 4) is 0 Å². The monoisotopic (exact) mass is 223 g/mol. The van der Waals surface area contributed by atoms with Crippen molar-refractivity contribution in [1.82, 2.24) is 4.98 Å². The highest BCUT2D eigenvalue weighted by atomic mass is 32.1. The molecule has 0 saturated heterocycles. The van der Waals surface area contributed by atoms with Gasteiger partial charge in [0.25, 0.3) is 0 Å². The number of aliphatic hydroxyl groups is 1. The van der Waals surface area contributed by atoms with Crippen molar-refractivity contribution < 1.29 is 23.8 Å². The molecule has 0 spiro atoms. The van der Waals surface area contributed by atoms with Gasteiger partial charge in [-0.2, -0.15) is 8.78 Å². The van der Waals surface area contributed by atoms with Crippen LogP contribution in [0.3, 0.4) is 0 Å². The third-order valence-corrected chi connectivity index (χ3v) is 2.51. The molecule has 0 saturated carbocycles. The van der Waals surface area contributed by atoms with Gasteiger partial charge in [-0.1, -0.05) is 0 Å². The molecule has 0 radical (unpaired) electrons. The number of aryl methyl sites for hydroxylation is 1. The topological polar surface area (TPSA) is 70.4 Å². The maximum absolute atomic E-state index is 12.8. The van der Waals surface area contributed by atoms with Gasteiger partial charge >= 0.3 is 11.9 Å². The second-order valence-corrected chi connectivity index (χ2v) is 3.55. The molecule has 1 aromatic heterocycles. The molecule has 0 amide bonds. The second kappa shape index (κ2) is 3.58. The lowest BCUT2D eigenvalue weighted by molar-refractivity contribution is -0.182. The van der Waals surface area contributed by atoms with Gasteiger partial charge in [-0.3, -0.25) is 0 Å². The Labute approximate surface area is 81.8 Å². The minimum atomic E-state index is -4.20. The summed E-state index contributed by atoms with van der Waals surface area (Å²) in [5, 5.41) is 18.4. The van der Waals surface area contributed by atoms with Crippen LogP contribution in [0.1, 0.15) is 16.8 Å². The van der Waals surface area contributed by atoms with Gasteiger partial charge in [0.2, 0.25) is 0 Å². The van der Waals surface area contributed by atoms with Gasteiger partial charge < -0.3 is 10.2 Å². The van der Waals surface area contributed by atoms with E-state index in [9.17, 15) is 13.6 Å². The van der Waals surface area contributed by atoms with Crippen molar-refractivity contribution in [2.45, 2.75) is 19.0 Å². The fourth-order valence-corrected chi connectivity index (χ4v) is 1.59. The normalized spacial score (nSPS) is 14.0. The highest BCUT2D eigenvalue weighted by Gasteiger charge is 2.49. The maximum atomic E-state index is 12.8. The van der Waals surface area contributed by atoms with Gasteiger partial charge in [-0.15, -0.1) is 11.3 Å². The number of hydrogen-bond donors (Lipinski definition) is 2. The van der Waals surface area contributed by atoms with Crippen molar-refractivity contribution in [2.24, 2.45) is 0 Å². The highest BCUT2D eigenvalue weighted by Crippen LogP contribution is 2.32. The van der Waals surface area contributed by atoms with E-state index in [0.29, 0.717) is 5.69 Å². The molecule has 78 valence electrons. The third-order valence-electron chi connectivity index (χ3n) is 1.50. The molecule has 2 N–H and O–H groups in total. The highest BCUT2D eigenvalue weighted by molar-refractivity contribution is 7.09. The van der Waals surface area contributed by atoms with Gasteiger partial charge in [-0.05, 0) is 6.92 Å². The fraction of sp³-hybridized carbons (Fsp3) is 0.429. The predicted octanol–water partition coefficient (Wildman–Crippen LogP) is 1.20. The summed E-state index contributed by atoms with van der Waals surface area (Å²) in [4.78, 5) is 13.7. The van der Waals surface area contributed by atoms with E-state index < -0.39 is 18.0 Å². The summed E-state index contributed by atoms with van der Waals surface area (Å²) in [6.07, 6.45) is -2.39. The largest absolute Gasteiger partial charge is 0.477 e. The van der Waals surface area contributed by atoms with E-state index in [2.05, 4.69) is 4.98 Å². The van der Waals surface area contributed by atoms with E-state index in [1.54, 1.807) is 6.92 Å². The molecular weight excluding hydrogens is 216 g/mol. The predicted molar refractivity (Wildman–Crippen MR) is 44.4 cm³/mol. The Morgan fingerprint density at radius 2 is 2.29 bits per heavy atom. The smallest absolute Gasteiger partial charge is 0.377 e. The van der Waals surface area contributed by atoms with Crippen molar-refractivity contribution >= 4 is 17.3 Å². The number of aliphatic hydroxyl groups excluding tert-OH is 1. The first-order valence-electron chi connectivity index (χ1n) is 3.57. The average molecular weight is 223 g/mol. The summed E-state index contributed by atoms with van der Waals surface area (Å²) < 4.78 is 25.5. The summed E-state index contributed by atoms with van der Waals surface area (Å²) in [6, 6.07) is 0. The molecule has 0 aromatic carbocycles. The number of rotatable bonds is 3. The lowest BCUT2D eigenvalue weighted by Crippen LogP contribution is -2.35. The molecule has 1 unspecified atom stereocenters. The quantitative estimate of drug-likeness (QED) is 0.807. The summed E-state index contributed by atoms with van der Waals surface area (Å²) >= 11 is 0.797. The minimum Gasteiger partial charge on any atom is -0.477 e. The average Bonchev–Trinajstić information content (AvgIpc) is 2.50. The molecule has 0 aliphatic heterocycles. The summed E-state index contributed by atoms with van der Waals surface area (Å²) in [5.41, 5.74) is 0.463. The number of carbonyl (C=O) groups is 1. The Hall–Kier alpha value is -1.08. The zero-order chi connectivity index (χ0) is 10.9. The Kier molecular flexibility index (Phi) is 2.81. The number of hydrogen-bond acceptors (Lipinski definition) is 4. The molecule has 1 atom stereocenters. The number of thiazole rings is 1. The Morgan fingerprint density at radius 1 is 1.71 bits per heavy atom. The van der Waals surface area contributed by atoms with Crippen LogP contribution in [0.5, 0.6) is 0 Å². The van der Waals surface area contributed by atoms with Crippen LogP contribution in [0.4, 0.5) is 8.78 Å². The van der Waals surface area contributed by atoms with Crippen LogP contribution in [0.2, 0.25) is 0 Å². The van der Waals surface area contributed by atoms with Crippen LogP contribution in [0.15, 0.2) is 5.38 Å². The van der Waals surface area contributed by atoms with Crippen LogP contribution >= 0.6 is 11.3 Å². The zero-order valence-corrected chi connectivity index (χ0v) is 7.89. The minimum absolute atomic E-state index is 0.296. The van der Waals surface area contributed by atoms with Gasteiger partial charge in [0, 0.05) is 11.1 Å². The van der Waals surface area contributed by atoms with Gasteiger partial charge in [0.15, 0.2) is 6.10 Å². The van der Waals surface area contributed by atoms with Gasteiger partial charge in [0.1, 0.15) is 5.01 Å². The Bertz CT molecular complexity index is 352. The first kappa shape index (κ1) is 11.0. The molecule has 1 rings (SSSR count). The number of aromatic nitrogens is 1. The van der Waals surface area contributed by atoms with Crippen LogP contribution in [0.25, 0.3) is 0 Å². The van der Waals surface area contributed by atoms with E-state index in [-0.39, 0.29) is 5.01 Å². The van der Waals surface area contributed by atoms with Crippen LogP contribution in [-0.4, -0.2) is 27.1 Å². The molecule has 0 fully saturated rings. The Morgan fingerprint density at radius 3 is 2.64 bits per heavy atom. The molecule has 0 bridgehead atoms. The molecule has 1 aromatic rings. The number of carboxylic acid groups (broad SMARTS) is 1. The third kappa shape index (κ3) is 1.88. The van der Waals surface area contributed by atoms with E-state index in [4.69, 9.17) is 10.2 Å². The molecule has 0 aliphatic carbocycles. The fourth-order valence-electron chi connectivity index (χ4n) is 0.770. The first-order chi connectivity index (χ1) is 6.35. The van der Waals surface area contributed by atoms with E-state index in [0.717, 1.165) is 11.3 Å². The van der Waals surface area contributed by atoms with E-state index >= 15 is 0 Å². The lowest BCUT2D eigenvalue weighted by atomic mass is 10.2. The number of halogens is 2. The SMILES string of the molecule is Cc1csc(C(O)C(F)(F)C(=O)O)n1. The van der Waals surface area contributed by atoms with Crippen molar-refractivity contribution in [1.29, 1.82) is 0 Å². The molecule has 0 aliphatic rings. The molecule has 1 heterocycles. The zero-order valence-electron chi connectivity index (χ0n) is 7.07. The molecular formula is C7H7F2NO3S. The van der Waals surface area contributed by atoms with Gasteiger partial charge in [-0.25, -0.2) is 9.78 Å². The molecule has 14 heavy (non-hydrogen) atoms. The molecule has 7 heteroatoms. The summed E-state index contributed by atoms with van der Waals surface area (Å²) in [6.45, 7) is 1.56. The summed E-state index contributed by atoms with van der Waals surface area (Å²) in [5.74, 6) is -6.57. The number of carboxylic acids is 1. The number of alkyl halides is 2. The first-order valence-corrected chi connectivity index (χ1v) is 4.45. The molecule has 4 nitrogen and oxygen atoms in total. The lowest BCUT2D eigenvalue weighted by Gasteiger charge is -2.15. The van der Waals surface area contributed by atoms with E-state index in [1.165, 1.54) is 5.38 Å². The van der Waals surface area contributed by atoms with Crippen molar-refractivity contribution in [2.75, 3.05) is 0 Å². The number of aliphatic carboxylic acids is 1. The maximum Gasteiger partial charge on any atom is 0.377 e. The Balaban J connectivity index is 2.95.